The third-order valence-electron chi connectivity index (χ3n) is 6.82. The van der Waals surface area contributed by atoms with E-state index in [2.05, 4.69) is 25.3 Å². The predicted octanol–water partition coefficient (Wildman–Crippen LogP) is 6.06. The zero-order chi connectivity index (χ0) is 24.0. The number of esters is 1. The van der Waals surface area contributed by atoms with Crippen molar-refractivity contribution in [1.29, 1.82) is 0 Å². The maximum Gasteiger partial charge on any atom is 0.342 e. The third-order valence-corrected chi connectivity index (χ3v) is 7.99. The Balaban J connectivity index is 1.99. The number of allylic oxidation sites excluding steroid dienone is 2. The van der Waals surface area contributed by atoms with Gasteiger partial charge >= 0.3 is 11.9 Å². The van der Waals surface area contributed by atoms with E-state index in [9.17, 15) is 19.8 Å². The Morgan fingerprint density at radius 3 is 2.88 bits per heavy atom. The van der Waals surface area contributed by atoms with Gasteiger partial charge in [-0.1, -0.05) is 44.4 Å². The average molecular weight is 471 g/mol. The van der Waals surface area contributed by atoms with Crippen LogP contribution in [0.25, 0.3) is 6.08 Å². The average Bonchev–Trinajstić information content (AvgIpc) is 3.03. The number of aromatic hydroxyl groups is 1. The number of carbonyl (C=O) groups is 2. The Bertz CT molecular complexity index is 987. The van der Waals surface area contributed by atoms with Gasteiger partial charge in [0.2, 0.25) is 0 Å². The fourth-order valence-corrected chi connectivity index (χ4v) is 6.18. The molecule has 2 atom stereocenters. The molecule has 6 heteroatoms. The number of fused-ring (bicyclic) bond motifs is 1. The van der Waals surface area contributed by atoms with Gasteiger partial charge in [0.1, 0.15) is 17.9 Å². The molecular weight excluding hydrogens is 436 g/mol. The summed E-state index contributed by atoms with van der Waals surface area (Å²) in [5.41, 5.74) is 7.23. The topological polar surface area (TPSA) is 83.8 Å². The number of hydrogen-bond donors (Lipinski definition) is 2. The number of phenolic OH excluding ortho intramolecular Hbond substituents is 1. The van der Waals surface area contributed by atoms with Crippen molar-refractivity contribution in [3.05, 3.63) is 51.8 Å². The highest BCUT2D eigenvalue weighted by molar-refractivity contribution is 7.99. The number of hydrogen-bond acceptors (Lipinski definition) is 5. The quantitative estimate of drug-likeness (QED) is 0.197. The van der Waals surface area contributed by atoms with Gasteiger partial charge in [-0.2, -0.15) is 11.8 Å². The van der Waals surface area contributed by atoms with Crippen molar-refractivity contribution in [3.63, 3.8) is 0 Å². The summed E-state index contributed by atoms with van der Waals surface area (Å²) in [4.78, 5) is 24.4. The highest BCUT2D eigenvalue weighted by Gasteiger charge is 2.33. The molecule has 2 aliphatic rings. The van der Waals surface area contributed by atoms with Crippen LogP contribution >= 0.6 is 11.8 Å². The number of benzene rings is 1. The Morgan fingerprint density at radius 2 is 2.18 bits per heavy atom. The van der Waals surface area contributed by atoms with Crippen LogP contribution in [0.15, 0.2) is 24.0 Å². The highest BCUT2D eigenvalue weighted by Crippen LogP contribution is 2.40. The summed E-state index contributed by atoms with van der Waals surface area (Å²) in [6, 6.07) is 0. The van der Waals surface area contributed by atoms with E-state index < -0.39 is 17.9 Å². The molecule has 2 N–H and O–H groups in total. The van der Waals surface area contributed by atoms with Crippen molar-refractivity contribution in [1.82, 2.24) is 0 Å². The predicted molar refractivity (Wildman–Crippen MR) is 133 cm³/mol. The summed E-state index contributed by atoms with van der Waals surface area (Å²) in [6.07, 6.45) is 9.81. The molecule has 2 heterocycles. The molecule has 0 aliphatic carbocycles. The van der Waals surface area contributed by atoms with Gasteiger partial charge < -0.3 is 14.9 Å². The van der Waals surface area contributed by atoms with Crippen LogP contribution in [0, 0.1) is 18.8 Å². The summed E-state index contributed by atoms with van der Waals surface area (Å²) in [5.74, 6) is 0.135. The molecule has 1 fully saturated rings. The molecule has 0 bridgehead atoms. The molecule has 0 spiro atoms. The summed E-state index contributed by atoms with van der Waals surface area (Å²) < 4.78 is 5.17. The molecule has 1 aromatic rings. The Hall–Kier alpha value is -2.43. The van der Waals surface area contributed by atoms with Crippen LogP contribution in [0.1, 0.15) is 78.1 Å². The van der Waals surface area contributed by atoms with E-state index in [1.54, 1.807) is 6.08 Å². The molecule has 2 unspecified atom stereocenters. The smallest absolute Gasteiger partial charge is 0.342 e. The van der Waals surface area contributed by atoms with Crippen LogP contribution in [-0.4, -0.2) is 33.7 Å². The monoisotopic (exact) mass is 470 g/mol. The van der Waals surface area contributed by atoms with Crippen LogP contribution in [-0.2, 0) is 22.6 Å². The second-order valence-electron chi connectivity index (χ2n) is 8.85. The van der Waals surface area contributed by atoms with Gasteiger partial charge in [-0.05, 0) is 55.6 Å². The summed E-state index contributed by atoms with van der Waals surface area (Å²) >= 11 is 1.83. The van der Waals surface area contributed by atoms with Crippen LogP contribution in [0.3, 0.4) is 0 Å². The summed E-state index contributed by atoms with van der Waals surface area (Å²) in [5, 5.41) is 21.0. The van der Waals surface area contributed by atoms with E-state index in [4.69, 9.17) is 4.74 Å². The lowest BCUT2D eigenvalue weighted by atomic mass is 9.81. The SMILES string of the molecule is C=C=Cc1c(C)c2c(c(O)c1C/C=C1/CCCSCC1C(CCCCC)C(=O)O)C(=O)OC2. The van der Waals surface area contributed by atoms with Crippen LogP contribution in [0.4, 0.5) is 0 Å². The van der Waals surface area contributed by atoms with Crippen LogP contribution in [0.2, 0.25) is 0 Å². The number of unbranched alkanes of at least 4 members (excludes halogenated alkanes) is 2. The first-order chi connectivity index (χ1) is 15.9. The van der Waals surface area contributed by atoms with Crippen molar-refractivity contribution >= 4 is 29.8 Å². The maximum absolute atomic E-state index is 12.2. The van der Waals surface area contributed by atoms with Crippen molar-refractivity contribution in [2.45, 2.75) is 65.4 Å². The molecule has 1 saturated heterocycles. The molecule has 2 aliphatic heterocycles. The minimum atomic E-state index is -0.723. The van der Waals surface area contributed by atoms with E-state index >= 15 is 0 Å². The van der Waals surface area contributed by atoms with E-state index in [-0.39, 0.29) is 23.8 Å². The molecule has 1 aromatic carbocycles. The van der Waals surface area contributed by atoms with Gasteiger partial charge in [-0.15, -0.1) is 5.73 Å². The van der Waals surface area contributed by atoms with E-state index in [1.165, 1.54) is 0 Å². The number of aliphatic carboxylic acids is 1. The highest BCUT2D eigenvalue weighted by atomic mass is 32.2. The molecule has 33 heavy (non-hydrogen) atoms. The second kappa shape index (κ2) is 11.6. The minimum Gasteiger partial charge on any atom is -0.507 e. The number of carboxylic acid groups (broad SMARTS) is 1. The van der Waals surface area contributed by atoms with Gasteiger partial charge in [0.15, 0.2) is 0 Å². The maximum atomic E-state index is 12.2. The third kappa shape index (κ3) is 5.56. The molecule has 3 rings (SSSR count). The summed E-state index contributed by atoms with van der Waals surface area (Å²) in [7, 11) is 0. The lowest BCUT2D eigenvalue weighted by Crippen LogP contribution is -2.27. The molecule has 0 saturated carbocycles. The number of carboxylic acids is 1. The van der Waals surface area contributed by atoms with Gasteiger partial charge in [-0.3, -0.25) is 4.79 Å². The van der Waals surface area contributed by atoms with Gasteiger partial charge in [-0.25, -0.2) is 4.79 Å². The van der Waals surface area contributed by atoms with Crippen molar-refractivity contribution < 1.29 is 24.5 Å². The summed E-state index contributed by atoms with van der Waals surface area (Å²) in [6.45, 7) is 7.88. The van der Waals surface area contributed by atoms with Gasteiger partial charge in [0.25, 0.3) is 0 Å². The van der Waals surface area contributed by atoms with E-state index in [0.717, 1.165) is 60.3 Å². The molecule has 178 valence electrons. The van der Waals surface area contributed by atoms with Crippen LogP contribution < -0.4 is 0 Å². The fraction of sp³-hybridized carbons (Fsp3) is 0.519. The lowest BCUT2D eigenvalue weighted by Gasteiger charge is -2.25. The largest absolute Gasteiger partial charge is 0.507 e. The molecule has 5 nitrogen and oxygen atoms in total. The zero-order valence-electron chi connectivity index (χ0n) is 19.6. The fourth-order valence-electron chi connectivity index (χ4n) is 4.97. The number of ether oxygens (including phenoxy) is 1. The zero-order valence-corrected chi connectivity index (χ0v) is 20.4. The number of thioether (sulfide) groups is 1. The second-order valence-corrected chi connectivity index (χ2v) is 10.0. The first kappa shape index (κ1) is 25.2. The van der Waals surface area contributed by atoms with Crippen molar-refractivity contribution in [2.24, 2.45) is 11.8 Å². The molecule has 0 amide bonds. The molecular formula is C27H34O5S. The number of rotatable bonds is 9. The normalized spacial score (nSPS) is 20.0. The van der Waals surface area contributed by atoms with E-state index in [1.807, 2.05) is 18.7 Å². The standard InChI is InChI=1S/C27H34O5S/c1-4-6-7-11-21(26(29)30)23-16-33-14-8-10-18(23)12-13-20-19(9-5-2)17(3)22-15-32-27(31)24(22)25(20)28/h9,12,21,23,28H,2,4,6-8,10-11,13-16H2,1,3H3,(H,29,30)/b18-12-. The van der Waals surface area contributed by atoms with Crippen molar-refractivity contribution in [2.75, 3.05) is 11.5 Å². The number of phenols is 1. The lowest BCUT2D eigenvalue weighted by molar-refractivity contribution is -0.143. The van der Waals surface area contributed by atoms with Crippen LogP contribution in [0.5, 0.6) is 5.75 Å². The molecule has 0 radical (unpaired) electrons. The Labute approximate surface area is 200 Å². The minimum absolute atomic E-state index is 0.0205. The number of cyclic esters (lactones) is 1. The first-order valence-electron chi connectivity index (χ1n) is 11.8. The van der Waals surface area contributed by atoms with Crippen molar-refractivity contribution in [3.8, 4) is 5.75 Å². The first-order valence-corrected chi connectivity index (χ1v) is 13.0. The Kier molecular flexibility index (Phi) is 8.87. The van der Waals surface area contributed by atoms with Gasteiger partial charge in [0, 0.05) is 22.8 Å². The molecule has 0 aromatic heterocycles. The Morgan fingerprint density at radius 1 is 1.39 bits per heavy atom. The number of carbonyl (C=O) groups excluding carboxylic acids is 1. The van der Waals surface area contributed by atoms with E-state index in [0.29, 0.717) is 24.0 Å². The van der Waals surface area contributed by atoms with Gasteiger partial charge in [0.05, 0.1) is 5.92 Å².